The number of alkyl halides is 2. The number of fused-ring (bicyclic) bond motifs is 1. The Balaban J connectivity index is 1.68. The lowest BCUT2D eigenvalue weighted by molar-refractivity contribution is -0.0494. The highest BCUT2D eigenvalue weighted by Gasteiger charge is 2.52. The van der Waals surface area contributed by atoms with E-state index in [1.54, 1.807) is 6.20 Å². The molecule has 152 valence electrons. The van der Waals surface area contributed by atoms with E-state index in [-0.39, 0.29) is 17.6 Å². The van der Waals surface area contributed by atoms with Crippen LogP contribution < -0.4 is 10.5 Å². The summed E-state index contributed by atoms with van der Waals surface area (Å²) in [6.45, 7) is 2.96. The van der Waals surface area contributed by atoms with Gasteiger partial charge in [0.2, 0.25) is 0 Å². The predicted octanol–water partition coefficient (Wildman–Crippen LogP) is 4.24. The molecule has 3 heterocycles. The molecular formula is C20H26F2N4O2. The highest BCUT2D eigenvalue weighted by molar-refractivity contribution is 5.64. The van der Waals surface area contributed by atoms with E-state index in [2.05, 4.69) is 34.3 Å². The first kappa shape index (κ1) is 19.1. The molecule has 1 aliphatic heterocycles. The normalized spacial score (nSPS) is 25.2. The number of pyridine rings is 1. The molecule has 1 saturated heterocycles. The van der Waals surface area contributed by atoms with E-state index in [1.165, 1.54) is 18.2 Å². The van der Waals surface area contributed by atoms with Gasteiger partial charge in [-0.3, -0.25) is 4.68 Å². The van der Waals surface area contributed by atoms with Gasteiger partial charge < -0.3 is 15.2 Å². The van der Waals surface area contributed by atoms with E-state index in [4.69, 9.17) is 15.6 Å². The number of hydrogen-bond donors (Lipinski definition) is 1. The minimum atomic E-state index is -2.95. The molecule has 0 aromatic carbocycles. The van der Waals surface area contributed by atoms with Crippen LogP contribution in [0, 0.1) is 11.8 Å². The Bertz CT molecular complexity index is 830. The standard InChI is InChI=1S/C20H26F2N4O2/c1-3-11(2)26-16(18-13-5-4-6-27-10-14(13)18)8-15(25-26)12-7-17(28-20(21)22)19(23)24-9-12/h7-9,11,13-14,18,20H,3-6,10H2,1-2H3,(H2,23,24). The van der Waals surface area contributed by atoms with Crippen LogP contribution in [0.1, 0.15) is 50.8 Å². The van der Waals surface area contributed by atoms with Crippen LogP contribution in [-0.2, 0) is 4.74 Å². The van der Waals surface area contributed by atoms with Crippen LogP contribution in [0.2, 0.25) is 0 Å². The van der Waals surface area contributed by atoms with E-state index >= 15 is 0 Å². The van der Waals surface area contributed by atoms with Crippen LogP contribution in [-0.4, -0.2) is 34.6 Å². The number of hydrogen-bond acceptors (Lipinski definition) is 5. The highest BCUT2D eigenvalue weighted by Crippen LogP contribution is 2.58. The maximum atomic E-state index is 12.6. The zero-order valence-electron chi connectivity index (χ0n) is 16.1. The van der Waals surface area contributed by atoms with E-state index in [1.807, 2.05) is 0 Å². The van der Waals surface area contributed by atoms with Crippen LogP contribution in [0.15, 0.2) is 18.3 Å². The van der Waals surface area contributed by atoms with Crippen molar-refractivity contribution in [2.45, 2.75) is 51.7 Å². The second-order valence-electron chi connectivity index (χ2n) is 7.71. The molecule has 2 N–H and O–H groups in total. The summed E-state index contributed by atoms with van der Waals surface area (Å²) in [5.74, 6) is 1.42. The van der Waals surface area contributed by atoms with Gasteiger partial charge >= 0.3 is 6.61 Å². The largest absolute Gasteiger partial charge is 0.431 e. The summed E-state index contributed by atoms with van der Waals surface area (Å²) in [7, 11) is 0. The van der Waals surface area contributed by atoms with Gasteiger partial charge in [0.05, 0.1) is 12.3 Å². The van der Waals surface area contributed by atoms with Gasteiger partial charge in [-0.15, -0.1) is 0 Å². The van der Waals surface area contributed by atoms with Crippen LogP contribution >= 0.6 is 0 Å². The summed E-state index contributed by atoms with van der Waals surface area (Å²) < 4.78 is 37.6. The summed E-state index contributed by atoms with van der Waals surface area (Å²) >= 11 is 0. The van der Waals surface area contributed by atoms with Crippen LogP contribution in [0.4, 0.5) is 14.6 Å². The number of nitrogen functional groups attached to an aromatic ring is 1. The first-order chi connectivity index (χ1) is 13.5. The molecule has 2 aromatic heterocycles. The zero-order chi connectivity index (χ0) is 19.8. The second kappa shape index (κ2) is 7.66. The number of aromatic nitrogens is 3. The topological polar surface area (TPSA) is 75.2 Å². The maximum absolute atomic E-state index is 12.6. The lowest BCUT2D eigenvalue weighted by atomic mass is 10.1. The number of nitrogens with two attached hydrogens (primary N) is 1. The summed E-state index contributed by atoms with van der Waals surface area (Å²) in [5, 5.41) is 4.80. The Kier molecular flexibility index (Phi) is 5.23. The molecule has 0 bridgehead atoms. The summed E-state index contributed by atoms with van der Waals surface area (Å²) in [5.41, 5.74) is 8.17. The minimum absolute atomic E-state index is 0.0627. The van der Waals surface area contributed by atoms with Crippen molar-refractivity contribution in [2.75, 3.05) is 18.9 Å². The Morgan fingerprint density at radius 2 is 2.18 bits per heavy atom. The van der Waals surface area contributed by atoms with Gasteiger partial charge in [0.15, 0.2) is 11.6 Å². The number of rotatable bonds is 6. The van der Waals surface area contributed by atoms with E-state index in [0.717, 1.165) is 26.1 Å². The van der Waals surface area contributed by atoms with Crippen molar-refractivity contribution in [3.63, 3.8) is 0 Å². The molecule has 8 heteroatoms. The lowest BCUT2D eigenvalue weighted by Gasteiger charge is -2.14. The second-order valence-corrected chi connectivity index (χ2v) is 7.71. The summed E-state index contributed by atoms with van der Waals surface area (Å²) in [4.78, 5) is 4.01. The molecule has 2 fully saturated rings. The fourth-order valence-electron chi connectivity index (χ4n) is 4.26. The van der Waals surface area contributed by atoms with Crippen LogP contribution in [0.5, 0.6) is 5.75 Å². The van der Waals surface area contributed by atoms with Gasteiger partial charge in [-0.25, -0.2) is 4.98 Å². The first-order valence-corrected chi connectivity index (χ1v) is 9.87. The summed E-state index contributed by atoms with van der Waals surface area (Å²) in [6.07, 6.45) is 4.77. The van der Waals surface area contributed by atoms with Crippen molar-refractivity contribution in [2.24, 2.45) is 11.8 Å². The minimum Gasteiger partial charge on any atom is -0.431 e. The molecule has 1 saturated carbocycles. The monoisotopic (exact) mass is 392 g/mol. The first-order valence-electron chi connectivity index (χ1n) is 9.87. The molecule has 0 amide bonds. The van der Waals surface area contributed by atoms with E-state index in [0.29, 0.717) is 29.0 Å². The maximum Gasteiger partial charge on any atom is 0.387 e. The number of halogens is 2. The van der Waals surface area contributed by atoms with Gasteiger partial charge in [0.1, 0.15) is 0 Å². The molecule has 0 spiro atoms. The fourth-order valence-corrected chi connectivity index (χ4v) is 4.26. The van der Waals surface area contributed by atoms with E-state index < -0.39 is 6.61 Å². The van der Waals surface area contributed by atoms with Gasteiger partial charge in [-0.05, 0) is 50.2 Å². The van der Waals surface area contributed by atoms with E-state index in [9.17, 15) is 8.78 Å². The molecule has 2 aliphatic rings. The van der Waals surface area contributed by atoms with Crippen molar-refractivity contribution < 1.29 is 18.3 Å². The lowest BCUT2D eigenvalue weighted by Crippen LogP contribution is -2.11. The van der Waals surface area contributed by atoms with Gasteiger partial charge in [-0.1, -0.05) is 6.92 Å². The Morgan fingerprint density at radius 1 is 1.36 bits per heavy atom. The molecule has 1 aliphatic carbocycles. The quantitative estimate of drug-likeness (QED) is 0.796. The number of nitrogens with zero attached hydrogens (tertiary/aromatic N) is 3. The predicted molar refractivity (Wildman–Crippen MR) is 101 cm³/mol. The summed E-state index contributed by atoms with van der Waals surface area (Å²) in [6, 6.07) is 3.79. The van der Waals surface area contributed by atoms with Gasteiger partial charge in [0, 0.05) is 36.0 Å². The molecule has 28 heavy (non-hydrogen) atoms. The van der Waals surface area contributed by atoms with Crippen molar-refractivity contribution in [1.82, 2.24) is 14.8 Å². The zero-order valence-corrected chi connectivity index (χ0v) is 16.1. The van der Waals surface area contributed by atoms with Crippen molar-refractivity contribution in [3.05, 3.63) is 24.0 Å². The van der Waals surface area contributed by atoms with Crippen LogP contribution in [0.3, 0.4) is 0 Å². The fraction of sp³-hybridized carbons (Fsp3) is 0.600. The third kappa shape index (κ3) is 3.57. The SMILES string of the molecule is CCC(C)n1nc(-c2cnc(N)c(OC(F)F)c2)cc1C1C2CCCOCC21. The van der Waals surface area contributed by atoms with Gasteiger partial charge in [-0.2, -0.15) is 13.9 Å². The molecule has 4 unspecified atom stereocenters. The Morgan fingerprint density at radius 3 is 2.93 bits per heavy atom. The molecular weight excluding hydrogens is 366 g/mol. The third-order valence-corrected chi connectivity index (χ3v) is 5.98. The van der Waals surface area contributed by atoms with Gasteiger partial charge in [0.25, 0.3) is 0 Å². The average molecular weight is 392 g/mol. The highest BCUT2D eigenvalue weighted by atomic mass is 19.3. The number of ether oxygens (including phenoxy) is 2. The Labute approximate surface area is 163 Å². The smallest absolute Gasteiger partial charge is 0.387 e. The molecule has 4 rings (SSSR count). The van der Waals surface area contributed by atoms with Crippen LogP contribution in [0.25, 0.3) is 11.3 Å². The molecule has 2 aromatic rings. The Hall–Kier alpha value is -2.22. The molecule has 0 radical (unpaired) electrons. The van der Waals surface area contributed by atoms with Crippen molar-refractivity contribution >= 4 is 5.82 Å². The molecule has 4 atom stereocenters. The number of anilines is 1. The van der Waals surface area contributed by atoms with Crippen molar-refractivity contribution in [1.29, 1.82) is 0 Å². The molecule has 6 nitrogen and oxygen atoms in total. The van der Waals surface area contributed by atoms with Crippen molar-refractivity contribution in [3.8, 4) is 17.0 Å². The average Bonchev–Trinajstić information content (AvgIpc) is 3.25. The third-order valence-electron chi connectivity index (χ3n) is 5.98.